The molecule has 0 aliphatic rings. The molecule has 0 unspecified atom stereocenters. The van der Waals surface area contributed by atoms with E-state index in [4.69, 9.17) is 11.6 Å². The van der Waals surface area contributed by atoms with Gasteiger partial charge in [0.25, 0.3) is 5.56 Å². The van der Waals surface area contributed by atoms with Crippen molar-refractivity contribution in [1.29, 1.82) is 0 Å². The van der Waals surface area contributed by atoms with Gasteiger partial charge in [0.2, 0.25) is 0 Å². The summed E-state index contributed by atoms with van der Waals surface area (Å²) in [5, 5.41) is 0.557. The first-order valence-electron chi connectivity index (χ1n) is 10.4. The lowest BCUT2D eigenvalue weighted by Crippen LogP contribution is -2.39. The monoisotopic (exact) mass is 448 g/mol. The standard InChI is InChI=1S/C25H25ClN4O2/c1-5-14-29-23(31)21-22(30(24(29)32)20-12-10-19(26)11-13-20)27-16-28(21)15-17-6-8-18(9-7-17)25(2,3)4/h5-13,16H,1,14-15H2,2-4H3. The van der Waals surface area contributed by atoms with Crippen molar-refractivity contribution >= 4 is 22.8 Å². The number of fused-ring (bicyclic) bond motifs is 1. The molecule has 0 radical (unpaired) electrons. The van der Waals surface area contributed by atoms with Gasteiger partial charge < -0.3 is 4.57 Å². The summed E-state index contributed by atoms with van der Waals surface area (Å²) in [5.41, 5.74) is 2.74. The third-order valence-corrected chi connectivity index (χ3v) is 5.72. The molecule has 2 aromatic heterocycles. The molecule has 32 heavy (non-hydrogen) atoms. The zero-order chi connectivity index (χ0) is 23.0. The van der Waals surface area contributed by atoms with Gasteiger partial charge >= 0.3 is 5.69 Å². The Morgan fingerprint density at radius 3 is 2.28 bits per heavy atom. The molecule has 0 N–H and O–H groups in total. The van der Waals surface area contributed by atoms with Gasteiger partial charge in [0.05, 0.1) is 12.0 Å². The third-order valence-electron chi connectivity index (χ3n) is 5.47. The number of halogens is 1. The van der Waals surface area contributed by atoms with E-state index < -0.39 is 5.69 Å². The first-order valence-corrected chi connectivity index (χ1v) is 10.8. The molecule has 0 spiro atoms. The Morgan fingerprint density at radius 2 is 1.69 bits per heavy atom. The molecule has 0 bridgehead atoms. The van der Waals surface area contributed by atoms with Gasteiger partial charge in [0.1, 0.15) is 0 Å². The minimum absolute atomic E-state index is 0.0628. The van der Waals surface area contributed by atoms with E-state index in [9.17, 15) is 9.59 Å². The van der Waals surface area contributed by atoms with E-state index >= 15 is 0 Å². The van der Waals surface area contributed by atoms with Crippen molar-refractivity contribution in [2.75, 3.05) is 0 Å². The molecular formula is C25H25ClN4O2. The Bertz CT molecular complexity index is 1400. The lowest BCUT2D eigenvalue weighted by molar-refractivity contribution is 0.590. The lowest BCUT2D eigenvalue weighted by Gasteiger charge is -2.19. The SMILES string of the molecule is C=CCn1c(=O)c2c(ncn2Cc2ccc(C(C)(C)C)cc2)n(-c2ccc(Cl)cc2)c1=O. The second-order valence-electron chi connectivity index (χ2n) is 8.79. The maximum atomic E-state index is 13.3. The predicted octanol–water partition coefficient (Wildman–Crippen LogP) is 4.53. The molecule has 164 valence electrons. The van der Waals surface area contributed by atoms with Crippen LogP contribution in [0, 0.1) is 0 Å². The van der Waals surface area contributed by atoms with Crippen LogP contribution in [0.1, 0.15) is 31.9 Å². The van der Waals surface area contributed by atoms with Crippen molar-refractivity contribution in [3.05, 3.63) is 105 Å². The number of aromatic nitrogens is 4. The zero-order valence-electron chi connectivity index (χ0n) is 18.4. The highest BCUT2D eigenvalue weighted by molar-refractivity contribution is 6.30. The smallest absolute Gasteiger partial charge is 0.320 e. The summed E-state index contributed by atoms with van der Waals surface area (Å²) in [6.45, 7) is 10.8. The second kappa shape index (κ2) is 8.28. The highest BCUT2D eigenvalue weighted by Gasteiger charge is 2.19. The van der Waals surface area contributed by atoms with Gasteiger partial charge in [0.15, 0.2) is 11.2 Å². The molecule has 0 aliphatic heterocycles. The van der Waals surface area contributed by atoms with Crippen LogP contribution in [0.3, 0.4) is 0 Å². The van der Waals surface area contributed by atoms with Gasteiger partial charge in [-0.3, -0.25) is 9.36 Å². The molecule has 2 aromatic carbocycles. The Hall–Kier alpha value is -3.38. The molecule has 6 nitrogen and oxygen atoms in total. The zero-order valence-corrected chi connectivity index (χ0v) is 19.1. The Labute approximate surface area is 191 Å². The molecule has 4 rings (SSSR count). The van der Waals surface area contributed by atoms with Crippen LogP contribution >= 0.6 is 11.6 Å². The number of nitrogens with zero attached hydrogens (tertiary/aromatic N) is 4. The van der Waals surface area contributed by atoms with Gasteiger partial charge in [-0.05, 0) is 40.8 Å². The molecule has 2 heterocycles. The van der Waals surface area contributed by atoms with E-state index in [0.717, 1.165) is 5.56 Å². The van der Waals surface area contributed by atoms with Crippen LogP contribution in [-0.2, 0) is 18.5 Å². The van der Waals surface area contributed by atoms with Crippen LogP contribution in [0.5, 0.6) is 0 Å². The maximum absolute atomic E-state index is 13.3. The van der Waals surface area contributed by atoms with E-state index in [2.05, 4.69) is 56.6 Å². The number of hydrogen-bond donors (Lipinski definition) is 0. The first-order chi connectivity index (χ1) is 15.2. The van der Waals surface area contributed by atoms with E-state index in [0.29, 0.717) is 28.4 Å². The van der Waals surface area contributed by atoms with Gasteiger partial charge in [-0.2, -0.15) is 0 Å². The fourth-order valence-electron chi connectivity index (χ4n) is 3.72. The molecular weight excluding hydrogens is 424 g/mol. The third kappa shape index (κ3) is 3.94. The molecule has 7 heteroatoms. The number of hydrogen-bond acceptors (Lipinski definition) is 3. The van der Waals surface area contributed by atoms with Crippen LogP contribution in [0.25, 0.3) is 16.9 Å². The van der Waals surface area contributed by atoms with Gasteiger partial charge in [-0.15, -0.1) is 6.58 Å². The molecule has 0 aliphatic carbocycles. The Kier molecular flexibility index (Phi) is 5.65. The Morgan fingerprint density at radius 1 is 1.03 bits per heavy atom. The van der Waals surface area contributed by atoms with E-state index in [-0.39, 0.29) is 17.5 Å². The van der Waals surface area contributed by atoms with Crippen molar-refractivity contribution < 1.29 is 0 Å². The van der Waals surface area contributed by atoms with E-state index in [1.807, 2.05) is 0 Å². The van der Waals surface area contributed by atoms with E-state index in [1.54, 1.807) is 35.2 Å². The van der Waals surface area contributed by atoms with Gasteiger partial charge in [-0.1, -0.05) is 62.7 Å². The normalized spacial score (nSPS) is 11.8. The number of allylic oxidation sites excluding steroid dienone is 1. The van der Waals surface area contributed by atoms with Crippen LogP contribution in [0.4, 0.5) is 0 Å². The maximum Gasteiger partial charge on any atom is 0.337 e. The quantitative estimate of drug-likeness (QED) is 0.421. The first kappa shape index (κ1) is 21.8. The summed E-state index contributed by atoms with van der Waals surface area (Å²) in [7, 11) is 0. The van der Waals surface area contributed by atoms with Crippen LogP contribution < -0.4 is 11.2 Å². The highest BCUT2D eigenvalue weighted by atomic mass is 35.5. The largest absolute Gasteiger partial charge is 0.337 e. The van der Waals surface area contributed by atoms with Crippen molar-refractivity contribution in [1.82, 2.24) is 18.7 Å². The van der Waals surface area contributed by atoms with E-state index in [1.165, 1.54) is 20.8 Å². The second-order valence-corrected chi connectivity index (χ2v) is 9.23. The summed E-state index contributed by atoms with van der Waals surface area (Å²) in [5.74, 6) is 0. The molecule has 0 amide bonds. The summed E-state index contributed by atoms with van der Waals surface area (Å²) in [6, 6.07) is 15.2. The van der Waals surface area contributed by atoms with Gasteiger partial charge in [-0.25, -0.2) is 14.3 Å². The molecule has 0 saturated carbocycles. The fraction of sp³-hybridized carbons (Fsp3) is 0.240. The number of rotatable bonds is 5. The van der Waals surface area contributed by atoms with Gasteiger partial charge in [0, 0.05) is 18.1 Å². The van der Waals surface area contributed by atoms with Crippen molar-refractivity contribution in [2.24, 2.45) is 0 Å². The molecule has 4 aromatic rings. The minimum Gasteiger partial charge on any atom is -0.320 e. The van der Waals surface area contributed by atoms with Crippen molar-refractivity contribution in [3.63, 3.8) is 0 Å². The minimum atomic E-state index is -0.468. The number of benzene rings is 2. The lowest BCUT2D eigenvalue weighted by atomic mass is 9.87. The molecule has 0 saturated heterocycles. The summed E-state index contributed by atoms with van der Waals surface area (Å²) in [6.07, 6.45) is 3.14. The van der Waals surface area contributed by atoms with Crippen LogP contribution in [0.2, 0.25) is 5.02 Å². The van der Waals surface area contributed by atoms with Crippen LogP contribution in [-0.4, -0.2) is 18.7 Å². The average Bonchev–Trinajstić information content (AvgIpc) is 3.15. The average molecular weight is 449 g/mol. The van der Waals surface area contributed by atoms with Crippen LogP contribution in [0.15, 0.2) is 77.1 Å². The Balaban J connectivity index is 1.89. The van der Waals surface area contributed by atoms with Crippen molar-refractivity contribution in [3.8, 4) is 5.69 Å². The molecule has 0 atom stereocenters. The molecule has 0 fully saturated rings. The highest BCUT2D eigenvalue weighted by Crippen LogP contribution is 2.23. The fourth-order valence-corrected chi connectivity index (χ4v) is 3.85. The summed E-state index contributed by atoms with van der Waals surface area (Å²) in [4.78, 5) is 30.9. The summed E-state index contributed by atoms with van der Waals surface area (Å²) >= 11 is 6.02. The van der Waals surface area contributed by atoms with Crippen molar-refractivity contribution in [2.45, 2.75) is 39.3 Å². The number of imidazole rings is 1. The predicted molar refractivity (Wildman–Crippen MR) is 129 cm³/mol. The summed E-state index contributed by atoms with van der Waals surface area (Å²) < 4.78 is 4.40. The topological polar surface area (TPSA) is 61.8 Å².